The second kappa shape index (κ2) is 7.66. The molecule has 1 saturated heterocycles. The zero-order valence-electron chi connectivity index (χ0n) is 13.5. The summed E-state index contributed by atoms with van der Waals surface area (Å²) in [6, 6.07) is 3.85. The number of nitrogens with two attached hydrogens (primary N) is 1. The molecule has 0 amide bonds. The van der Waals surface area contributed by atoms with Crippen LogP contribution in [0.3, 0.4) is 0 Å². The van der Waals surface area contributed by atoms with E-state index in [1.807, 2.05) is 0 Å². The van der Waals surface area contributed by atoms with Gasteiger partial charge < -0.3 is 5.73 Å². The number of nitrogen functional groups attached to an aromatic ring is 1. The van der Waals surface area contributed by atoms with Crippen LogP contribution in [0.5, 0.6) is 0 Å². The van der Waals surface area contributed by atoms with Gasteiger partial charge in [-0.2, -0.15) is 13.2 Å². The molecule has 0 spiro atoms. The minimum absolute atomic E-state index is 0.154. The standard InChI is InChI=1S/C18H22F3N3/c1-3-6-16(23-2)14-11-13(8-9-15(14)22)12-24-10-5-4-7-17(24)18(19,20)21/h3,6,8-9,11,17H,1-2,4-5,7,10,12,22H2. The van der Waals surface area contributed by atoms with Gasteiger partial charge in [0.25, 0.3) is 0 Å². The quantitative estimate of drug-likeness (QED) is 0.491. The Kier molecular flexibility index (Phi) is 5.83. The van der Waals surface area contributed by atoms with Crippen LogP contribution in [0.2, 0.25) is 0 Å². The van der Waals surface area contributed by atoms with Crippen molar-refractivity contribution in [3.05, 3.63) is 48.1 Å². The number of allylic oxidation sites excluding steroid dienone is 2. The first-order valence-corrected chi connectivity index (χ1v) is 7.85. The molecule has 1 aromatic carbocycles. The van der Waals surface area contributed by atoms with Gasteiger partial charge >= 0.3 is 6.18 Å². The van der Waals surface area contributed by atoms with Crippen molar-refractivity contribution < 1.29 is 13.2 Å². The van der Waals surface area contributed by atoms with E-state index in [2.05, 4.69) is 18.3 Å². The molecule has 1 unspecified atom stereocenters. The lowest BCUT2D eigenvalue weighted by molar-refractivity contribution is -0.192. The zero-order chi connectivity index (χ0) is 17.7. The third-order valence-electron chi connectivity index (χ3n) is 4.22. The minimum Gasteiger partial charge on any atom is -0.398 e. The Balaban J connectivity index is 2.28. The van der Waals surface area contributed by atoms with Gasteiger partial charge in [-0.1, -0.05) is 25.1 Å². The largest absolute Gasteiger partial charge is 0.404 e. The number of piperidine rings is 1. The number of aliphatic imine (C=N–C) groups is 1. The lowest BCUT2D eigenvalue weighted by Gasteiger charge is -2.36. The van der Waals surface area contributed by atoms with Crippen LogP contribution < -0.4 is 5.73 Å². The summed E-state index contributed by atoms with van der Waals surface area (Å²) < 4.78 is 39.6. The fraction of sp³-hybridized carbons (Fsp3) is 0.389. The summed E-state index contributed by atoms with van der Waals surface area (Å²) in [6.45, 7) is 7.80. The van der Waals surface area contributed by atoms with Gasteiger partial charge in [-0.3, -0.25) is 9.89 Å². The fourth-order valence-electron chi connectivity index (χ4n) is 3.05. The summed E-state index contributed by atoms with van der Waals surface area (Å²) in [5.74, 6) is 0. The molecular weight excluding hydrogens is 315 g/mol. The van der Waals surface area contributed by atoms with Crippen molar-refractivity contribution in [2.24, 2.45) is 4.99 Å². The number of hydrogen-bond donors (Lipinski definition) is 1. The number of halogens is 3. The second-order valence-electron chi connectivity index (χ2n) is 5.89. The van der Waals surface area contributed by atoms with E-state index in [0.29, 0.717) is 29.9 Å². The molecule has 0 aliphatic carbocycles. The summed E-state index contributed by atoms with van der Waals surface area (Å²) >= 11 is 0. The first-order valence-electron chi connectivity index (χ1n) is 7.85. The van der Waals surface area contributed by atoms with Crippen LogP contribution >= 0.6 is 0 Å². The van der Waals surface area contributed by atoms with Crippen molar-refractivity contribution in [2.75, 3.05) is 12.3 Å². The van der Waals surface area contributed by atoms with E-state index in [-0.39, 0.29) is 13.0 Å². The molecule has 1 fully saturated rings. The summed E-state index contributed by atoms with van der Waals surface area (Å²) in [5.41, 5.74) is 8.45. The lowest BCUT2D eigenvalue weighted by Crippen LogP contribution is -2.48. The van der Waals surface area contributed by atoms with E-state index >= 15 is 0 Å². The highest BCUT2D eigenvalue weighted by molar-refractivity contribution is 5.77. The van der Waals surface area contributed by atoms with Gasteiger partial charge in [0.05, 0.1) is 5.70 Å². The topological polar surface area (TPSA) is 41.6 Å². The SMILES string of the molecule is C=CC=C(N=C)c1cc(CN2CCCCC2C(F)(F)F)ccc1N. The molecule has 2 rings (SSSR count). The molecule has 1 heterocycles. The van der Waals surface area contributed by atoms with Crippen LogP contribution in [0.1, 0.15) is 30.4 Å². The molecule has 0 radical (unpaired) electrons. The van der Waals surface area contributed by atoms with E-state index in [4.69, 9.17) is 5.73 Å². The number of benzene rings is 1. The van der Waals surface area contributed by atoms with Gasteiger partial charge in [-0.25, -0.2) is 0 Å². The van der Waals surface area contributed by atoms with Crippen LogP contribution in [0.25, 0.3) is 5.70 Å². The zero-order valence-corrected chi connectivity index (χ0v) is 13.5. The van der Waals surface area contributed by atoms with Crippen LogP contribution in [-0.2, 0) is 6.54 Å². The number of likely N-dealkylation sites (tertiary alicyclic amines) is 1. The van der Waals surface area contributed by atoms with Crippen LogP contribution in [0.4, 0.5) is 18.9 Å². The van der Waals surface area contributed by atoms with E-state index in [0.717, 1.165) is 12.0 Å². The van der Waals surface area contributed by atoms with Crippen molar-refractivity contribution in [1.29, 1.82) is 0 Å². The Morgan fingerprint density at radius 2 is 2.12 bits per heavy atom. The summed E-state index contributed by atoms with van der Waals surface area (Å²) in [6.07, 6.45) is 0.585. The number of hydrogen-bond acceptors (Lipinski definition) is 3. The maximum atomic E-state index is 13.2. The third kappa shape index (κ3) is 4.26. The maximum absolute atomic E-state index is 13.2. The molecule has 3 nitrogen and oxygen atoms in total. The molecular formula is C18H22F3N3. The number of alkyl halides is 3. The van der Waals surface area contributed by atoms with Crippen molar-refractivity contribution in [1.82, 2.24) is 4.90 Å². The Hall–Kier alpha value is -2.08. The predicted octanol–water partition coefficient (Wildman–Crippen LogP) is 4.41. The van der Waals surface area contributed by atoms with E-state index < -0.39 is 12.2 Å². The highest BCUT2D eigenvalue weighted by Crippen LogP contribution is 2.33. The minimum atomic E-state index is -4.20. The molecule has 0 saturated carbocycles. The predicted molar refractivity (Wildman–Crippen MR) is 92.7 cm³/mol. The molecule has 1 aliphatic heterocycles. The summed E-state index contributed by atoms with van der Waals surface area (Å²) in [7, 11) is 0. The third-order valence-corrected chi connectivity index (χ3v) is 4.22. The van der Waals surface area contributed by atoms with Gasteiger partial charge in [0.2, 0.25) is 0 Å². The average Bonchev–Trinajstić information content (AvgIpc) is 2.54. The first kappa shape index (κ1) is 18.3. The molecule has 1 aliphatic rings. The van der Waals surface area contributed by atoms with Crippen molar-refractivity contribution in [3.63, 3.8) is 0 Å². The number of nitrogens with zero attached hydrogens (tertiary/aromatic N) is 2. The van der Waals surface area contributed by atoms with Gasteiger partial charge in [-0.15, -0.1) is 0 Å². The summed E-state index contributed by atoms with van der Waals surface area (Å²) in [5, 5.41) is 0. The van der Waals surface area contributed by atoms with Crippen molar-refractivity contribution >= 4 is 18.1 Å². The van der Waals surface area contributed by atoms with E-state index in [1.54, 1.807) is 30.4 Å². The number of rotatable bonds is 5. The Morgan fingerprint density at radius 3 is 2.75 bits per heavy atom. The van der Waals surface area contributed by atoms with Gasteiger partial charge in [0.15, 0.2) is 0 Å². The smallest absolute Gasteiger partial charge is 0.398 e. The van der Waals surface area contributed by atoms with Gasteiger partial charge in [0, 0.05) is 17.8 Å². The number of anilines is 1. The first-order chi connectivity index (χ1) is 11.4. The lowest BCUT2D eigenvalue weighted by atomic mass is 9.99. The highest BCUT2D eigenvalue weighted by Gasteiger charge is 2.44. The molecule has 24 heavy (non-hydrogen) atoms. The van der Waals surface area contributed by atoms with E-state index in [1.165, 1.54) is 4.90 Å². The monoisotopic (exact) mass is 337 g/mol. The summed E-state index contributed by atoms with van der Waals surface area (Å²) in [4.78, 5) is 5.41. The Labute approximate surface area is 140 Å². The van der Waals surface area contributed by atoms with Gasteiger partial charge in [0.1, 0.15) is 6.04 Å². The van der Waals surface area contributed by atoms with E-state index in [9.17, 15) is 13.2 Å². The molecule has 1 atom stereocenters. The van der Waals surface area contributed by atoms with Gasteiger partial charge in [-0.05, 0) is 49.9 Å². The van der Waals surface area contributed by atoms with Crippen molar-refractivity contribution in [2.45, 2.75) is 38.0 Å². The molecule has 130 valence electrons. The normalized spacial score (nSPS) is 20.0. The average molecular weight is 337 g/mol. The molecule has 1 aromatic rings. The fourth-order valence-corrected chi connectivity index (χ4v) is 3.05. The molecule has 0 bridgehead atoms. The maximum Gasteiger partial charge on any atom is 0.404 e. The van der Waals surface area contributed by atoms with Crippen LogP contribution in [0, 0.1) is 0 Å². The van der Waals surface area contributed by atoms with Crippen LogP contribution in [-0.4, -0.2) is 30.4 Å². The Morgan fingerprint density at radius 1 is 1.38 bits per heavy atom. The molecule has 6 heteroatoms. The Bertz CT molecular complexity index is 635. The molecule has 0 aromatic heterocycles. The van der Waals surface area contributed by atoms with Crippen LogP contribution in [0.15, 0.2) is 41.9 Å². The second-order valence-corrected chi connectivity index (χ2v) is 5.89. The molecule has 2 N–H and O–H groups in total. The highest BCUT2D eigenvalue weighted by atomic mass is 19.4. The van der Waals surface area contributed by atoms with Crippen molar-refractivity contribution in [3.8, 4) is 0 Å².